The largest absolute Gasteiger partial charge is 0.426 e. The van der Waals surface area contributed by atoms with Gasteiger partial charge < -0.3 is 25.4 Å². The van der Waals surface area contributed by atoms with Crippen molar-refractivity contribution >= 4 is 47.1 Å². The number of nitrogens with zero attached hydrogens (tertiary/aromatic N) is 1. The van der Waals surface area contributed by atoms with Crippen LogP contribution in [-0.2, 0) is 27.3 Å². The Bertz CT molecular complexity index is 1530. The number of carbonyl (C=O) groups excluding carboxylic acids is 4. The summed E-state index contributed by atoms with van der Waals surface area (Å²) in [5.41, 5.74) is 2.20. The van der Waals surface area contributed by atoms with E-state index in [0.29, 0.717) is 10.6 Å². The van der Waals surface area contributed by atoms with Gasteiger partial charge in [0, 0.05) is 34.4 Å². The van der Waals surface area contributed by atoms with Gasteiger partial charge in [-0.1, -0.05) is 66.2 Å². The molecule has 44 heavy (non-hydrogen) atoms. The summed E-state index contributed by atoms with van der Waals surface area (Å²) >= 11 is 7.69. The van der Waals surface area contributed by atoms with E-state index in [-0.39, 0.29) is 36.1 Å². The standard InChI is InChI=1S/C33H36ClN3O6S/c1-20-24(14-10-16-27(20)43-21(2)38)30(40)36-26(17-22-11-6-5-7-12-22)28(39)32(42)37-19-44-33(3,4)29(37)31(41)35-18-23-13-8-9-15-25(23)34/h5-16,26,28-29,39H,17-19H2,1-4H3,(H,35,41)(H,36,40)/t26-,28-,29+/m0/s1. The number of aliphatic hydroxyl groups is 1. The zero-order valence-electron chi connectivity index (χ0n) is 25.0. The second kappa shape index (κ2) is 14.3. The maximum Gasteiger partial charge on any atom is 0.308 e. The topological polar surface area (TPSA) is 125 Å². The van der Waals surface area contributed by atoms with Gasteiger partial charge in [0.2, 0.25) is 5.91 Å². The molecular formula is C33H36ClN3O6S. The van der Waals surface area contributed by atoms with Crippen LogP contribution in [0.3, 0.4) is 0 Å². The molecule has 3 amide bonds. The van der Waals surface area contributed by atoms with Crippen molar-refractivity contribution < 1.29 is 29.0 Å². The highest BCUT2D eigenvalue weighted by atomic mass is 35.5. The monoisotopic (exact) mass is 637 g/mol. The van der Waals surface area contributed by atoms with Crippen molar-refractivity contribution in [3.8, 4) is 5.75 Å². The Hall–Kier alpha value is -3.86. The predicted molar refractivity (Wildman–Crippen MR) is 170 cm³/mol. The van der Waals surface area contributed by atoms with E-state index in [1.165, 1.54) is 23.6 Å². The number of ether oxygens (including phenoxy) is 1. The van der Waals surface area contributed by atoms with Gasteiger partial charge in [-0.05, 0) is 56.5 Å². The molecule has 0 aromatic heterocycles. The predicted octanol–water partition coefficient (Wildman–Crippen LogP) is 4.27. The van der Waals surface area contributed by atoms with Crippen molar-refractivity contribution in [3.05, 3.63) is 100 Å². The van der Waals surface area contributed by atoms with Gasteiger partial charge in [0.25, 0.3) is 11.8 Å². The molecule has 1 fully saturated rings. The van der Waals surface area contributed by atoms with E-state index in [1.807, 2.05) is 56.3 Å². The van der Waals surface area contributed by atoms with Gasteiger partial charge in [0.1, 0.15) is 11.8 Å². The molecule has 0 unspecified atom stereocenters. The number of nitrogens with one attached hydrogen (secondary N) is 2. The summed E-state index contributed by atoms with van der Waals surface area (Å²) in [5, 5.41) is 17.8. The molecule has 0 aliphatic carbocycles. The zero-order chi connectivity index (χ0) is 32.0. The van der Waals surface area contributed by atoms with E-state index >= 15 is 0 Å². The Balaban J connectivity index is 1.57. The first-order valence-electron chi connectivity index (χ1n) is 14.2. The molecule has 1 aliphatic rings. The van der Waals surface area contributed by atoms with Gasteiger partial charge in [-0.25, -0.2) is 0 Å². The number of rotatable bonds is 10. The minimum atomic E-state index is -1.66. The molecule has 0 spiro atoms. The summed E-state index contributed by atoms with van der Waals surface area (Å²) in [5.74, 6) is -1.69. The average Bonchev–Trinajstić information content (AvgIpc) is 3.31. The van der Waals surface area contributed by atoms with Crippen LogP contribution < -0.4 is 15.4 Å². The molecule has 1 aliphatic heterocycles. The molecule has 0 radical (unpaired) electrons. The summed E-state index contributed by atoms with van der Waals surface area (Å²) in [6.45, 7) is 6.85. The van der Waals surface area contributed by atoms with Gasteiger partial charge in [0.05, 0.1) is 11.9 Å². The number of esters is 1. The molecule has 1 saturated heterocycles. The molecule has 3 aromatic rings. The van der Waals surface area contributed by atoms with E-state index < -0.39 is 40.7 Å². The average molecular weight is 638 g/mol. The third kappa shape index (κ3) is 7.80. The van der Waals surface area contributed by atoms with Crippen molar-refractivity contribution in [2.45, 2.75) is 63.6 Å². The SMILES string of the molecule is CC(=O)Oc1cccc(C(=O)N[C@@H](Cc2ccccc2)[C@H](O)C(=O)N2CSC(C)(C)[C@H]2C(=O)NCc2ccccc2Cl)c1C. The number of amides is 3. The summed E-state index contributed by atoms with van der Waals surface area (Å²) < 4.78 is 4.57. The van der Waals surface area contributed by atoms with Crippen LogP contribution in [0.15, 0.2) is 72.8 Å². The summed E-state index contributed by atoms with van der Waals surface area (Å²) in [7, 11) is 0. The van der Waals surface area contributed by atoms with Gasteiger partial charge in [-0.15, -0.1) is 11.8 Å². The number of hydrogen-bond donors (Lipinski definition) is 3. The Labute approximate surface area is 266 Å². The van der Waals surface area contributed by atoms with Crippen molar-refractivity contribution in [1.29, 1.82) is 0 Å². The van der Waals surface area contributed by atoms with Gasteiger partial charge in [0.15, 0.2) is 6.10 Å². The lowest BCUT2D eigenvalue weighted by molar-refractivity contribution is -0.147. The third-order valence-corrected chi connectivity index (χ3v) is 9.26. The molecule has 4 rings (SSSR count). The van der Waals surface area contributed by atoms with Crippen LogP contribution in [0.5, 0.6) is 5.75 Å². The van der Waals surface area contributed by atoms with Crippen LogP contribution in [0.25, 0.3) is 0 Å². The van der Waals surface area contributed by atoms with E-state index in [1.54, 1.807) is 37.3 Å². The van der Waals surface area contributed by atoms with Crippen LogP contribution in [0, 0.1) is 6.92 Å². The molecular weight excluding hydrogens is 602 g/mol. The highest BCUT2D eigenvalue weighted by molar-refractivity contribution is 8.00. The summed E-state index contributed by atoms with van der Waals surface area (Å²) in [6, 6.07) is 19.2. The van der Waals surface area contributed by atoms with Crippen molar-refractivity contribution in [2.24, 2.45) is 0 Å². The van der Waals surface area contributed by atoms with Gasteiger partial charge in [-0.3, -0.25) is 19.2 Å². The van der Waals surface area contributed by atoms with Crippen LogP contribution >= 0.6 is 23.4 Å². The highest BCUT2D eigenvalue weighted by Gasteiger charge is 2.49. The highest BCUT2D eigenvalue weighted by Crippen LogP contribution is 2.40. The fourth-order valence-electron chi connectivity index (χ4n) is 5.16. The zero-order valence-corrected chi connectivity index (χ0v) is 26.6. The lowest BCUT2D eigenvalue weighted by atomic mass is 9.96. The number of thioether (sulfide) groups is 1. The normalized spacial score (nSPS) is 17.0. The Morgan fingerprint density at radius 2 is 1.73 bits per heavy atom. The quantitative estimate of drug-likeness (QED) is 0.224. The Morgan fingerprint density at radius 1 is 1.05 bits per heavy atom. The number of hydrogen-bond acceptors (Lipinski definition) is 7. The summed E-state index contributed by atoms with van der Waals surface area (Å²) in [6.07, 6.45) is -1.51. The van der Waals surface area contributed by atoms with Crippen LogP contribution in [0.1, 0.15) is 47.8 Å². The maximum atomic E-state index is 13.9. The van der Waals surface area contributed by atoms with E-state index in [2.05, 4.69) is 10.6 Å². The molecule has 3 N–H and O–H groups in total. The second-order valence-electron chi connectivity index (χ2n) is 11.1. The molecule has 0 bridgehead atoms. The Kier molecular flexibility index (Phi) is 10.7. The van der Waals surface area contributed by atoms with E-state index in [0.717, 1.165) is 11.1 Å². The third-order valence-electron chi connectivity index (χ3n) is 7.52. The molecule has 3 aromatic carbocycles. The van der Waals surface area contributed by atoms with Crippen molar-refractivity contribution in [1.82, 2.24) is 15.5 Å². The maximum absolute atomic E-state index is 13.9. The first kappa shape index (κ1) is 33.0. The number of aliphatic hydroxyl groups excluding tert-OH is 1. The number of halogens is 1. The van der Waals surface area contributed by atoms with Gasteiger partial charge in [-0.2, -0.15) is 0 Å². The van der Waals surface area contributed by atoms with Crippen molar-refractivity contribution in [3.63, 3.8) is 0 Å². The van der Waals surface area contributed by atoms with Crippen LogP contribution in [0.4, 0.5) is 0 Å². The fourth-order valence-corrected chi connectivity index (χ4v) is 6.50. The second-order valence-corrected chi connectivity index (χ2v) is 13.1. The van der Waals surface area contributed by atoms with Crippen LogP contribution in [0.2, 0.25) is 5.02 Å². The molecule has 11 heteroatoms. The fraction of sp³-hybridized carbons (Fsp3) is 0.333. The lowest BCUT2D eigenvalue weighted by Gasteiger charge is -2.33. The molecule has 1 heterocycles. The van der Waals surface area contributed by atoms with Crippen molar-refractivity contribution in [2.75, 3.05) is 5.88 Å². The molecule has 3 atom stereocenters. The molecule has 232 valence electrons. The molecule has 9 nitrogen and oxygen atoms in total. The lowest BCUT2D eigenvalue weighted by Crippen LogP contribution is -2.58. The first-order chi connectivity index (χ1) is 20.9. The smallest absolute Gasteiger partial charge is 0.308 e. The van der Waals surface area contributed by atoms with E-state index in [9.17, 15) is 24.3 Å². The van der Waals surface area contributed by atoms with Crippen LogP contribution in [-0.4, -0.2) is 62.5 Å². The Morgan fingerprint density at radius 3 is 2.41 bits per heavy atom. The molecule has 0 saturated carbocycles. The first-order valence-corrected chi connectivity index (χ1v) is 15.5. The van der Waals surface area contributed by atoms with Gasteiger partial charge >= 0.3 is 5.97 Å². The van der Waals surface area contributed by atoms with E-state index in [4.69, 9.17) is 16.3 Å². The number of benzene rings is 3. The summed E-state index contributed by atoms with van der Waals surface area (Å²) in [4.78, 5) is 53.8. The number of carbonyl (C=O) groups is 4. The minimum Gasteiger partial charge on any atom is -0.426 e. The minimum absolute atomic E-state index is 0.149.